The summed E-state index contributed by atoms with van der Waals surface area (Å²) < 4.78 is 13.5. The predicted molar refractivity (Wildman–Crippen MR) is 70.3 cm³/mol. The molecule has 5 nitrogen and oxygen atoms in total. The molecule has 98 valence electrons. The summed E-state index contributed by atoms with van der Waals surface area (Å²) in [5.74, 6) is -1.13. The van der Waals surface area contributed by atoms with Crippen molar-refractivity contribution in [2.75, 3.05) is 11.1 Å². The van der Waals surface area contributed by atoms with Crippen molar-refractivity contribution in [2.45, 2.75) is 13.8 Å². The Bertz CT molecular complexity index is 622. The van der Waals surface area contributed by atoms with E-state index in [9.17, 15) is 9.18 Å². The minimum Gasteiger partial charge on any atom is -0.399 e. The van der Waals surface area contributed by atoms with Crippen molar-refractivity contribution in [3.8, 4) is 0 Å². The predicted octanol–water partition coefficient (Wildman–Crippen LogP) is 2.07. The van der Waals surface area contributed by atoms with Crippen molar-refractivity contribution >= 4 is 17.5 Å². The van der Waals surface area contributed by atoms with Gasteiger partial charge in [-0.05, 0) is 38.1 Å². The maximum atomic E-state index is 13.5. The number of carbonyl (C=O) groups excluding carboxylic acids is 1. The highest BCUT2D eigenvalue weighted by molar-refractivity contribution is 6.04. The van der Waals surface area contributed by atoms with Crippen LogP contribution in [0.1, 0.15) is 21.7 Å². The standard InChI is InChI=1S/C13H13FN4O/c1-7-5-8(2)17-13(16-7)18-12(19)10-6-9(15)3-4-11(10)14/h3-6H,15H2,1-2H3,(H,16,17,18,19). The molecule has 0 spiro atoms. The Labute approximate surface area is 109 Å². The molecule has 2 aromatic rings. The molecule has 0 fully saturated rings. The summed E-state index contributed by atoms with van der Waals surface area (Å²) >= 11 is 0. The van der Waals surface area contributed by atoms with Crippen LogP contribution in [0.4, 0.5) is 16.0 Å². The molecule has 3 N–H and O–H groups in total. The quantitative estimate of drug-likeness (QED) is 0.810. The third-order valence-electron chi connectivity index (χ3n) is 2.44. The fraction of sp³-hybridized carbons (Fsp3) is 0.154. The fourth-order valence-electron chi connectivity index (χ4n) is 1.67. The molecular weight excluding hydrogens is 247 g/mol. The molecule has 19 heavy (non-hydrogen) atoms. The maximum absolute atomic E-state index is 13.5. The summed E-state index contributed by atoms with van der Waals surface area (Å²) in [5, 5.41) is 2.45. The zero-order chi connectivity index (χ0) is 14.0. The van der Waals surface area contributed by atoms with Gasteiger partial charge in [-0.15, -0.1) is 0 Å². The topological polar surface area (TPSA) is 80.9 Å². The summed E-state index contributed by atoms with van der Waals surface area (Å²) in [4.78, 5) is 20.0. The van der Waals surface area contributed by atoms with Crippen molar-refractivity contribution in [2.24, 2.45) is 0 Å². The number of nitrogen functional groups attached to an aromatic ring is 1. The van der Waals surface area contributed by atoms with Gasteiger partial charge < -0.3 is 5.73 Å². The number of halogens is 1. The third kappa shape index (κ3) is 3.04. The molecule has 0 aliphatic carbocycles. The number of rotatable bonds is 2. The van der Waals surface area contributed by atoms with Gasteiger partial charge in [0, 0.05) is 17.1 Å². The summed E-state index contributed by atoms with van der Waals surface area (Å²) in [6.07, 6.45) is 0. The average molecular weight is 260 g/mol. The first-order valence-corrected chi connectivity index (χ1v) is 5.64. The van der Waals surface area contributed by atoms with E-state index in [0.717, 1.165) is 17.5 Å². The number of aryl methyl sites for hydroxylation is 2. The number of anilines is 2. The van der Waals surface area contributed by atoms with E-state index < -0.39 is 11.7 Å². The van der Waals surface area contributed by atoms with E-state index in [1.807, 2.05) is 0 Å². The minimum absolute atomic E-state index is 0.136. The van der Waals surface area contributed by atoms with Crippen LogP contribution in [0.2, 0.25) is 0 Å². The molecule has 1 heterocycles. The van der Waals surface area contributed by atoms with Crippen LogP contribution in [0, 0.1) is 19.7 Å². The van der Waals surface area contributed by atoms with E-state index in [2.05, 4.69) is 15.3 Å². The molecule has 0 radical (unpaired) electrons. The van der Waals surface area contributed by atoms with Gasteiger partial charge in [-0.2, -0.15) is 0 Å². The van der Waals surface area contributed by atoms with Crippen molar-refractivity contribution in [1.29, 1.82) is 0 Å². The van der Waals surface area contributed by atoms with Crippen molar-refractivity contribution < 1.29 is 9.18 Å². The number of nitrogens with zero attached hydrogens (tertiary/aromatic N) is 2. The Hall–Kier alpha value is -2.50. The first kappa shape index (κ1) is 12.9. The summed E-state index contributed by atoms with van der Waals surface area (Å²) in [5.41, 5.74) is 7.14. The number of nitrogens with two attached hydrogens (primary N) is 1. The first-order chi connectivity index (χ1) is 8.95. The molecule has 1 amide bonds. The number of amides is 1. The lowest BCUT2D eigenvalue weighted by atomic mass is 10.2. The molecule has 0 unspecified atom stereocenters. The van der Waals surface area contributed by atoms with Crippen LogP contribution >= 0.6 is 0 Å². The average Bonchev–Trinajstić information content (AvgIpc) is 2.30. The van der Waals surface area contributed by atoms with Gasteiger partial charge in [0.05, 0.1) is 5.56 Å². The smallest absolute Gasteiger partial charge is 0.261 e. The van der Waals surface area contributed by atoms with Gasteiger partial charge in [0.15, 0.2) is 0 Å². The molecular formula is C13H13FN4O. The number of hydrogen-bond acceptors (Lipinski definition) is 4. The second-order valence-corrected chi connectivity index (χ2v) is 4.17. The van der Waals surface area contributed by atoms with Crippen LogP contribution in [0.25, 0.3) is 0 Å². The third-order valence-corrected chi connectivity index (χ3v) is 2.44. The largest absolute Gasteiger partial charge is 0.399 e. The van der Waals surface area contributed by atoms with Gasteiger partial charge in [-0.1, -0.05) is 0 Å². The Morgan fingerprint density at radius 2 is 1.84 bits per heavy atom. The lowest BCUT2D eigenvalue weighted by Gasteiger charge is -2.07. The van der Waals surface area contributed by atoms with Crippen LogP contribution < -0.4 is 11.1 Å². The molecule has 6 heteroatoms. The van der Waals surface area contributed by atoms with Gasteiger partial charge >= 0.3 is 0 Å². The first-order valence-electron chi connectivity index (χ1n) is 5.64. The van der Waals surface area contributed by atoms with Gasteiger partial charge in [0.1, 0.15) is 5.82 Å². The Morgan fingerprint density at radius 1 is 1.21 bits per heavy atom. The molecule has 0 aliphatic rings. The van der Waals surface area contributed by atoms with E-state index in [-0.39, 0.29) is 11.5 Å². The van der Waals surface area contributed by atoms with E-state index in [1.165, 1.54) is 12.1 Å². The molecule has 0 atom stereocenters. The maximum Gasteiger partial charge on any atom is 0.261 e. The van der Waals surface area contributed by atoms with Crippen LogP contribution in [0.15, 0.2) is 24.3 Å². The Kier molecular flexibility index (Phi) is 3.41. The molecule has 0 saturated carbocycles. The van der Waals surface area contributed by atoms with Gasteiger partial charge in [0.2, 0.25) is 5.95 Å². The molecule has 0 bridgehead atoms. The Balaban J connectivity index is 2.28. The number of aromatic nitrogens is 2. The minimum atomic E-state index is -0.643. The fourth-order valence-corrected chi connectivity index (χ4v) is 1.67. The molecule has 0 aliphatic heterocycles. The van der Waals surface area contributed by atoms with Gasteiger partial charge in [-0.3, -0.25) is 10.1 Å². The van der Waals surface area contributed by atoms with Crippen LogP contribution in [0.3, 0.4) is 0 Å². The monoisotopic (exact) mass is 260 g/mol. The zero-order valence-corrected chi connectivity index (χ0v) is 10.6. The van der Waals surface area contributed by atoms with Crippen molar-refractivity contribution in [1.82, 2.24) is 9.97 Å². The lowest BCUT2D eigenvalue weighted by molar-refractivity contribution is 0.102. The molecule has 1 aromatic carbocycles. The van der Waals surface area contributed by atoms with E-state index >= 15 is 0 Å². The normalized spacial score (nSPS) is 10.3. The van der Waals surface area contributed by atoms with Crippen molar-refractivity contribution in [3.63, 3.8) is 0 Å². The molecule has 1 aromatic heterocycles. The number of hydrogen-bond donors (Lipinski definition) is 2. The second kappa shape index (κ2) is 5.01. The number of nitrogens with one attached hydrogen (secondary N) is 1. The second-order valence-electron chi connectivity index (χ2n) is 4.17. The van der Waals surface area contributed by atoms with Crippen molar-refractivity contribution in [3.05, 3.63) is 47.0 Å². The summed E-state index contributed by atoms with van der Waals surface area (Å²) in [6.45, 7) is 3.57. The highest BCUT2D eigenvalue weighted by Gasteiger charge is 2.13. The van der Waals surface area contributed by atoms with Crippen LogP contribution in [0.5, 0.6) is 0 Å². The number of carbonyl (C=O) groups is 1. The SMILES string of the molecule is Cc1cc(C)nc(NC(=O)c2cc(N)ccc2F)n1. The van der Waals surface area contributed by atoms with Gasteiger partial charge in [-0.25, -0.2) is 14.4 Å². The number of benzene rings is 1. The highest BCUT2D eigenvalue weighted by Crippen LogP contribution is 2.14. The van der Waals surface area contributed by atoms with Crippen LogP contribution in [-0.4, -0.2) is 15.9 Å². The van der Waals surface area contributed by atoms with Crippen LogP contribution in [-0.2, 0) is 0 Å². The van der Waals surface area contributed by atoms with E-state index in [0.29, 0.717) is 5.69 Å². The lowest BCUT2D eigenvalue weighted by Crippen LogP contribution is -2.16. The van der Waals surface area contributed by atoms with E-state index in [1.54, 1.807) is 19.9 Å². The molecule has 0 saturated heterocycles. The summed E-state index contributed by atoms with van der Waals surface area (Å²) in [6, 6.07) is 5.58. The zero-order valence-electron chi connectivity index (χ0n) is 10.6. The summed E-state index contributed by atoms with van der Waals surface area (Å²) in [7, 11) is 0. The van der Waals surface area contributed by atoms with Gasteiger partial charge in [0.25, 0.3) is 5.91 Å². The molecule has 2 rings (SSSR count). The van der Waals surface area contributed by atoms with E-state index in [4.69, 9.17) is 5.73 Å². The Morgan fingerprint density at radius 3 is 2.47 bits per heavy atom. The highest BCUT2D eigenvalue weighted by atomic mass is 19.1.